The second-order valence-corrected chi connectivity index (χ2v) is 2.33. The van der Waals surface area contributed by atoms with E-state index in [4.69, 9.17) is 14.9 Å². The van der Waals surface area contributed by atoms with Crippen molar-refractivity contribution in [2.45, 2.75) is 12.2 Å². The van der Waals surface area contributed by atoms with E-state index < -0.39 is 24.1 Å². The number of carboxylic acids is 2. The maximum absolute atomic E-state index is 10.3. The summed E-state index contributed by atoms with van der Waals surface area (Å²) >= 11 is 0. The third-order valence-corrected chi connectivity index (χ3v) is 1.42. The zero-order chi connectivity index (χ0) is 9.14. The number of hydrogen-bond acceptors (Lipinski definition) is 4. The summed E-state index contributed by atoms with van der Waals surface area (Å²) < 4.78 is 9.42. The van der Waals surface area contributed by atoms with Gasteiger partial charge in [0.1, 0.15) is 0 Å². The minimum absolute atomic E-state index is 0.0981. The molecule has 0 bridgehead atoms. The Kier molecular flexibility index (Phi) is 2.61. The maximum atomic E-state index is 10.3. The highest BCUT2D eigenvalue weighted by atomic mass is 16.6. The van der Waals surface area contributed by atoms with Gasteiger partial charge in [-0.15, -0.1) is 0 Å². The second-order valence-electron chi connectivity index (χ2n) is 2.33. The fraction of sp³-hybridized carbons (Fsp3) is 0.667. The van der Waals surface area contributed by atoms with E-state index in [1.54, 1.807) is 0 Å². The van der Waals surface area contributed by atoms with Crippen LogP contribution in [-0.2, 0) is 19.1 Å². The van der Waals surface area contributed by atoms with Gasteiger partial charge in [-0.2, -0.15) is 0 Å². The van der Waals surface area contributed by atoms with Gasteiger partial charge in [0, 0.05) is 0 Å². The first-order valence-electron chi connectivity index (χ1n) is 3.30. The molecule has 68 valence electrons. The van der Waals surface area contributed by atoms with Crippen LogP contribution in [0.15, 0.2) is 0 Å². The van der Waals surface area contributed by atoms with Crippen LogP contribution >= 0.6 is 0 Å². The van der Waals surface area contributed by atoms with Crippen molar-refractivity contribution in [3.63, 3.8) is 0 Å². The highest BCUT2D eigenvalue weighted by Gasteiger charge is 2.32. The zero-order valence-electron chi connectivity index (χ0n) is 6.10. The lowest BCUT2D eigenvalue weighted by atomic mass is 10.3. The average Bonchev–Trinajstić information content (AvgIpc) is 2.04. The number of carbonyl (C=O) groups is 2. The van der Waals surface area contributed by atoms with Crippen LogP contribution in [0, 0.1) is 0 Å². The molecule has 1 aliphatic rings. The van der Waals surface area contributed by atoms with Gasteiger partial charge in [0.05, 0.1) is 13.2 Å². The first kappa shape index (κ1) is 8.95. The molecule has 2 atom stereocenters. The molecule has 1 saturated heterocycles. The SMILES string of the molecule is O=C(O)[C@H]1COC[C@H](C(=O)O)O1. The Hall–Kier alpha value is -1.14. The average molecular weight is 176 g/mol. The fourth-order valence-electron chi connectivity index (χ4n) is 0.818. The van der Waals surface area contributed by atoms with E-state index in [0.717, 1.165) is 0 Å². The van der Waals surface area contributed by atoms with Crippen LogP contribution in [0.2, 0.25) is 0 Å². The summed E-state index contributed by atoms with van der Waals surface area (Å²) in [6.45, 7) is -0.196. The molecule has 0 unspecified atom stereocenters. The van der Waals surface area contributed by atoms with Crippen LogP contribution in [0.25, 0.3) is 0 Å². The van der Waals surface area contributed by atoms with Crippen LogP contribution in [0.1, 0.15) is 0 Å². The van der Waals surface area contributed by atoms with Gasteiger partial charge in [0.15, 0.2) is 12.2 Å². The fourth-order valence-corrected chi connectivity index (χ4v) is 0.818. The Bertz CT molecular complexity index is 180. The third kappa shape index (κ3) is 1.93. The molecule has 6 heteroatoms. The molecule has 2 N–H and O–H groups in total. The Morgan fingerprint density at radius 1 is 1.08 bits per heavy atom. The van der Waals surface area contributed by atoms with Gasteiger partial charge in [0.2, 0.25) is 0 Å². The minimum Gasteiger partial charge on any atom is -0.479 e. The summed E-state index contributed by atoms with van der Waals surface area (Å²) in [6.07, 6.45) is -2.33. The Morgan fingerprint density at radius 2 is 1.50 bits per heavy atom. The van der Waals surface area contributed by atoms with Gasteiger partial charge in [-0.1, -0.05) is 0 Å². The molecule has 6 nitrogen and oxygen atoms in total. The third-order valence-electron chi connectivity index (χ3n) is 1.42. The van der Waals surface area contributed by atoms with Gasteiger partial charge in [-0.05, 0) is 0 Å². The second kappa shape index (κ2) is 3.51. The monoisotopic (exact) mass is 176 g/mol. The Labute approximate surface area is 67.7 Å². The summed E-state index contributed by atoms with van der Waals surface area (Å²) in [5.74, 6) is -2.41. The zero-order valence-corrected chi connectivity index (χ0v) is 6.10. The van der Waals surface area contributed by atoms with E-state index in [1.165, 1.54) is 0 Å². The smallest absolute Gasteiger partial charge is 0.335 e. The predicted molar refractivity (Wildman–Crippen MR) is 34.8 cm³/mol. The summed E-state index contributed by atoms with van der Waals surface area (Å²) in [7, 11) is 0. The first-order valence-corrected chi connectivity index (χ1v) is 3.30. The molecule has 0 amide bonds. The Balaban J connectivity index is 2.51. The van der Waals surface area contributed by atoms with Gasteiger partial charge < -0.3 is 19.7 Å². The molecular formula is C6H8O6. The highest BCUT2D eigenvalue weighted by molar-refractivity contribution is 5.76. The largest absolute Gasteiger partial charge is 0.479 e. The lowest BCUT2D eigenvalue weighted by Crippen LogP contribution is -2.44. The van der Waals surface area contributed by atoms with Crippen LogP contribution in [-0.4, -0.2) is 47.6 Å². The topological polar surface area (TPSA) is 93.1 Å². The standard InChI is InChI=1S/C6H8O6/c7-5(8)3-1-11-2-4(12-3)6(9)10/h3-4H,1-2H2,(H,7,8)(H,9,10)/t3-,4-/m1/s1. The van der Waals surface area contributed by atoms with E-state index in [0.29, 0.717) is 0 Å². The van der Waals surface area contributed by atoms with E-state index in [9.17, 15) is 9.59 Å². The van der Waals surface area contributed by atoms with Crippen molar-refractivity contribution in [3.05, 3.63) is 0 Å². The van der Waals surface area contributed by atoms with Crippen LogP contribution in [0.3, 0.4) is 0 Å². The number of ether oxygens (including phenoxy) is 2. The predicted octanol–water partition coefficient (Wildman–Crippen LogP) is -1.06. The van der Waals surface area contributed by atoms with Gasteiger partial charge in [-0.25, -0.2) is 9.59 Å². The van der Waals surface area contributed by atoms with Crippen LogP contribution in [0.5, 0.6) is 0 Å². The van der Waals surface area contributed by atoms with Crippen molar-refractivity contribution in [1.82, 2.24) is 0 Å². The number of rotatable bonds is 2. The molecule has 1 fully saturated rings. The van der Waals surface area contributed by atoms with Gasteiger partial charge in [-0.3, -0.25) is 0 Å². The maximum Gasteiger partial charge on any atom is 0.335 e. The van der Waals surface area contributed by atoms with Crippen molar-refractivity contribution in [2.24, 2.45) is 0 Å². The van der Waals surface area contributed by atoms with Crippen molar-refractivity contribution >= 4 is 11.9 Å². The number of hydrogen-bond donors (Lipinski definition) is 2. The van der Waals surface area contributed by atoms with Crippen LogP contribution in [0.4, 0.5) is 0 Å². The van der Waals surface area contributed by atoms with E-state index in [1.807, 2.05) is 0 Å². The molecule has 1 aliphatic heterocycles. The summed E-state index contributed by atoms with van der Waals surface area (Å²) in [6, 6.07) is 0. The Morgan fingerprint density at radius 3 is 1.83 bits per heavy atom. The van der Waals surface area contributed by atoms with E-state index >= 15 is 0 Å². The van der Waals surface area contributed by atoms with Crippen LogP contribution < -0.4 is 0 Å². The van der Waals surface area contributed by atoms with Gasteiger partial charge >= 0.3 is 11.9 Å². The molecule has 1 heterocycles. The van der Waals surface area contributed by atoms with Crippen molar-refractivity contribution in [1.29, 1.82) is 0 Å². The highest BCUT2D eigenvalue weighted by Crippen LogP contribution is 2.07. The lowest BCUT2D eigenvalue weighted by Gasteiger charge is -2.24. The lowest BCUT2D eigenvalue weighted by molar-refractivity contribution is -0.190. The van der Waals surface area contributed by atoms with Gasteiger partial charge in [0.25, 0.3) is 0 Å². The molecule has 1 rings (SSSR count). The van der Waals surface area contributed by atoms with Crippen molar-refractivity contribution in [3.8, 4) is 0 Å². The van der Waals surface area contributed by atoms with Crippen molar-refractivity contribution < 1.29 is 29.3 Å². The normalized spacial score (nSPS) is 29.7. The molecule has 0 aromatic heterocycles. The first-order chi connectivity index (χ1) is 5.61. The minimum atomic E-state index is -1.21. The summed E-state index contributed by atoms with van der Waals surface area (Å²) in [5.41, 5.74) is 0. The summed E-state index contributed by atoms with van der Waals surface area (Å²) in [5, 5.41) is 16.9. The van der Waals surface area contributed by atoms with E-state index in [-0.39, 0.29) is 13.2 Å². The number of carboxylic acid groups (broad SMARTS) is 2. The molecule has 12 heavy (non-hydrogen) atoms. The van der Waals surface area contributed by atoms with Crippen molar-refractivity contribution in [2.75, 3.05) is 13.2 Å². The molecule has 0 aliphatic carbocycles. The molecule has 0 aromatic rings. The number of aliphatic carboxylic acids is 2. The molecule has 0 spiro atoms. The molecule has 0 saturated carbocycles. The molecular weight excluding hydrogens is 168 g/mol. The molecule has 0 radical (unpaired) electrons. The quantitative estimate of drug-likeness (QED) is 0.557. The summed E-state index contributed by atoms with van der Waals surface area (Å²) in [4.78, 5) is 20.6. The van der Waals surface area contributed by atoms with E-state index in [2.05, 4.69) is 4.74 Å². The molecule has 0 aromatic carbocycles.